The van der Waals surface area contributed by atoms with Gasteiger partial charge in [-0.3, -0.25) is 19.2 Å². The first-order chi connectivity index (χ1) is 28.5. The minimum Gasteiger partial charge on any atom is -0.481 e. The molecule has 0 saturated heterocycles. The Morgan fingerprint density at radius 3 is 1.25 bits per heavy atom. The molecule has 2 heterocycles. The second kappa shape index (κ2) is 16.5. The lowest BCUT2D eigenvalue weighted by atomic mass is 9.69. The van der Waals surface area contributed by atoms with Crippen molar-refractivity contribution in [1.82, 2.24) is 19.6 Å². The summed E-state index contributed by atoms with van der Waals surface area (Å²) in [6, 6.07) is 19.6. The number of carboxylic acid groups (broad SMARTS) is 2. The quantitative estimate of drug-likeness (QED) is 0.168. The first kappa shape index (κ1) is 42.7. The normalized spacial score (nSPS) is 21.7. The molecule has 0 spiro atoms. The average Bonchev–Trinajstić information content (AvgIpc) is 3.81. The molecule has 312 valence electrons. The summed E-state index contributed by atoms with van der Waals surface area (Å²) >= 11 is 12.6. The Kier molecular flexibility index (Phi) is 11.8. The van der Waals surface area contributed by atoms with E-state index in [-0.39, 0.29) is 0 Å². The van der Waals surface area contributed by atoms with Crippen LogP contribution in [0.2, 0.25) is 10.0 Å². The van der Waals surface area contributed by atoms with Crippen LogP contribution in [-0.2, 0) is 20.4 Å². The van der Waals surface area contributed by atoms with Crippen LogP contribution in [0.5, 0.6) is 0 Å². The van der Waals surface area contributed by atoms with E-state index in [0.29, 0.717) is 117 Å². The van der Waals surface area contributed by atoms with Crippen LogP contribution in [-0.4, -0.2) is 53.5 Å². The predicted molar refractivity (Wildman–Crippen MR) is 225 cm³/mol. The molecule has 0 bridgehead atoms. The minimum atomic E-state index is -0.803. The van der Waals surface area contributed by atoms with Crippen LogP contribution < -0.4 is 0 Å². The molecule has 0 atom stereocenters. The van der Waals surface area contributed by atoms with Gasteiger partial charge in [-0.25, -0.2) is 8.78 Å². The number of carbonyl (C=O) groups excluding carboxylic acids is 2. The number of aliphatic carboxylic acids is 2. The van der Waals surface area contributed by atoms with Crippen LogP contribution in [0.25, 0.3) is 21.8 Å². The number of benzene rings is 4. The maximum absolute atomic E-state index is 14.9. The van der Waals surface area contributed by atoms with Crippen molar-refractivity contribution in [2.75, 3.05) is 0 Å². The summed E-state index contributed by atoms with van der Waals surface area (Å²) in [5.41, 5.74) is 2.81. The summed E-state index contributed by atoms with van der Waals surface area (Å²) < 4.78 is 32.3. The predicted octanol–water partition coefficient (Wildman–Crippen LogP) is 10.7. The van der Waals surface area contributed by atoms with E-state index in [1.165, 1.54) is 21.5 Å². The van der Waals surface area contributed by atoms with Gasteiger partial charge in [-0.1, -0.05) is 73.4 Å². The molecule has 2 N–H and O–H groups in total. The van der Waals surface area contributed by atoms with Crippen molar-refractivity contribution in [3.8, 4) is 0 Å². The molecule has 0 radical (unpaired) electrons. The topological polar surface area (TPSA) is 144 Å². The average molecular weight is 858 g/mol. The van der Waals surface area contributed by atoms with Crippen LogP contribution in [0, 0.1) is 37.3 Å². The van der Waals surface area contributed by atoms with Crippen molar-refractivity contribution in [3.63, 3.8) is 0 Å². The SMILES string of the molecule is Cc1cccc(Cl)c1C(=O)n1nc(C2(C)CCC(C(=O)O)CC2)c2c(F)cccc21.Cc1cccc(Cl)c1C(=O)n1nc(C2(C)CCC(C(=O)O)CC2)c2c(F)cccc21. The van der Waals surface area contributed by atoms with Crippen LogP contribution in [0.1, 0.15) is 108 Å². The molecule has 0 unspecified atom stereocenters. The van der Waals surface area contributed by atoms with Crippen LogP contribution in [0.3, 0.4) is 0 Å². The second-order valence-corrected chi connectivity index (χ2v) is 17.4. The Bertz CT molecular complexity index is 2470. The Morgan fingerprint density at radius 1 is 0.600 bits per heavy atom. The first-order valence-electron chi connectivity index (χ1n) is 19.9. The van der Waals surface area contributed by atoms with E-state index in [1.54, 1.807) is 74.5 Å². The fraction of sp³-hybridized carbons (Fsp3) is 0.348. The fourth-order valence-electron chi connectivity index (χ4n) is 8.90. The molecule has 6 aromatic rings. The molecule has 4 aromatic carbocycles. The number of halogens is 4. The van der Waals surface area contributed by atoms with Gasteiger partial charge in [0.15, 0.2) is 0 Å². The summed E-state index contributed by atoms with van der Waals surface area (Å²) in [6.07, 6.45) is 4.21. The Labute approximate surface area is 355 Å². The van der Waals surface area contributed by atoms with Crippen LogP contribution in [0.4, 0.5) is 8.78 Å². The monoisotopic (exact) mass is 856 g/mol. The molecule has 60 heavy (non-hydrogen) atoms. The molecule has 2 fully saturated rings. The first-order valence-corrected chi connectivity index (χ1v) is 20.6. The van der Waals surface area contributed by atoms with Gasteiger partial charge in [0.25, 0.3) is 11.8 Å². The third-order valence-corrected chi connectivity index (χ3v) is 13.2. The molecule has 8 rings (SSSR count). The zero-order chi connectivity index (χ0) is 43.3. The molecule has 10 nitrogen and oxygen atoms in total. The van der Waals surface area contributed by atoms with Gasteiger partial charge in [0.05, 0.1) is 66.2 Å². The number of hydrogen-bond donors (Lipinski definition) is 2. The Hall–Kier alpha value is -5.46. The van der Waals surface area contributed by atoms with E-state index in [9.17, 15) is 38.2 Å². The minimum absolute atomic E-state index is 0.312. The summed E-state index contributed by atoms with van der Waals surface area (Å²) in [5, 5.41) is 29.1. The van der Waals surface area contributed by atoms with Gasteiger partial charge in [0.1, 0.15) is 11.6 Å². The van der Waals surface area contributed by atoms with E-state index in [1.807, 2.05) is 13.8 Å². The highest BCUT2D eigenvalue weighted by Gasteiger charge is 2.41. The van der Waals surface area contributed by atoms with Crippen molar-refractivity contribution in [3.05, 3.63) is 128 Å². The fourth-order valence-corrected chi connectivity index (χ4v) is 9.51. The number of nitrogens with zero attached hydrogens (tertiary/aromatic N) is 4. The highest BCUT2D eigenvalue weighted by molar-refractivity contribution is 6.34. The maximum atomic E-state index is 14.9. The van der Waals surface area contributed by atoms with Gasteiger partial charge in [-0.2, -0.15) is 19.6 Å². The summed E-state index contributed by atoms with van der Waals surface area (Å²) in [6.45, 7) is 7.52. The smallest absolute Gasteiger partial charge is 0.306 e. The summed E-state index contributed by atoms with van der Waals surface area (Å²) in [5.74, 6) is -4.12. The number of carboxylic acids is 2. The number of carbonyl (C=O) groups is 4. The standard InChI is InChI=1S/2C23H22ClFN2O3/c2*1-13-5-3-6-15(24)18(13)21(28)27-17-8-4-7-16(25)19(17)20(26-27)23(2)11-9-14(10-12-23)22(29)30/h2*3-8,14H,9-12H2,1-2H3,(H,29,30). The zero-order valence-corrected chi connectivity index (χ0v) is 35.1. The van der Waals surface area contributed by atoms with E-state index in [0.717, 1.165) is 0 Å². The van der Waals surface area contributed by atoms with Crippen LogP contribution in [0.15, 0.2) is 72.8 Å². The molecule has 0 amide bonds. The molecular weight excluding hydrogens is 813 g/mol. The number of fused-ring (bicyclic) bond motifs is 2. The van der Waals surface area contributed by atoms with E-state index in [4.69, 9.17) is 23.2 Å². The van der Waals surface area contributed by atoms with Gasteiger partial charge < -0.3 is 10.2 Å². The molecule has 14 heteroatoms. The highest BCUT2D eigenvalue weighted by Crippen LogP contribution is 2.45. The van der Waals surface area contributed by atoms with Gasteiger partial charge in [0, 0.05) is 10.8 Å². The molecule has 2 aliphatic carbocycles. The summed E-state index contributed by atoms with van der Waals surface area (Å²) in [4.78, 5) is 49.4. The lowest BCUT2D eigenvalue weighted by Gasteiger charge is -2.35. The Morgan fingerprint density at radius 2 is 0.933 bits per heavy atom. The van der Waals surface area contributed by atoms with Crippen molar-refractivity contribution in [2.45, 2.75) is 89.9 Å². The maximum Gasteiger partial charge on any atom is 0.306 e. The lowest BCUT2D eigenvalue weighted by molar-refractivity contribution is -0.144. The molecule has 2 aromatic heterocycles. The molecular formula is C46H44Cl2F2N4O6. The highest BCUT2D eigenvalue weighted by atomic mass is 35.5. The molecule has 0 aliphatic heterocycles. The van der Waals surface area contributed by atoms with E-state index < -0.39 is 58.1 Å². The number of rotatable bonds is 6. The largest absolute Gasteiger partial charge is 0.481 e. The zero-order valence-electron chi connectivity index (χ0n) is 33.6. The number of hydrogen-bond acceptors (Lipinski definition) is 6. The van der Waals surface area contributed by atoms with E-state index >= 15 is 0 Å². The molecule has 2 saturated carbocycles. The lowest BCUT2D eigenvalue weighted by Crippen LogP contribution is -2.32. The third-order valence-electron chi connectivity index (χ3n) is 12.6. The summed E-state index contributed by atoms with van der Waals surface area (Å²) in [7, 11) is 0. The van der Waals surface area contributed by atoms with Crippen LogP contribution >= 0.6 is 23.2 Å². The second-order valence-electron chi connectivity index (χ2n) is 16.6. The van der Waals surface area contributed by atoms with E-state index in [2.05, 4.69) is 10.2 Å². The van der Waals surface area contributed by atoms with Crippen molar-refractivity contribution < 1.29 is 38.2 Å². The van der Waals surface area contributed by atoms with Crippen molar-refractivity contribution in [1.29, 1.82) is 0 Å². The van der Waals surface area contributed by atoms with Crippen molar-refractivity contribution in [2.24, 2.45) is 11.8 Å². The van der Waals surface area contributed by atoms with Gasteiger partial charge in [0.2, 0.25) is 0 Å². The van der Waals surface area contributed by atoms with Gasteiger partial charge in [-0.15, -0.1) is 0 Å². The number of aryl methyl sites for hydroxylation is 2. The third kappa shape index (κ3) is 7.71. The Balaban J connectivity index is 0.000000181. The molecule has 2 aliphatic rings. The van der Waals surface area contributed by atoms with Gasteiger partial charge in [-0.05, 0) is 113 Å². The van der Waals surface area contributed by atoms with Crippen molar-refractivity contribution >= 4 is 68.8 Å². The van der Waals surface area contributed by atoms with Gasteiger partial charge >= 0.3 is 11.9 Å². The number of aromatic nitrogens is 4.